The van der Waals surface area contributed by atoms with Crippen molar-refractivity contribution in [3.8, 4) is 5.75 Å². The number of phenolic OH excluding ortho intramolecular Hbond substituents is 1. The van der Waals surface area contributed by atoms with Gasteiger partial charge in [-0.15, -0.1) is 0 Å². The van der Waals surface area contributed by atoms with Crippen molar-refractivity contribution in [2.24, 2.45) is 5.73 Å². The zero-order chi connectivity index (χ0) is 14.1. The summed E-state index contributed by atoms with van der Waals surface area (Å²) >= 11 is 3.53. The fraction of sp³-hybridized carbons (Fsp3) is 0.250. The summed E-state index contributed by atoms with van der Waals surface area (Å²) in [7, 11) is 0. The maximum atomic E-state index is 10.1. The molecule has 0 saturated heterocycles. The molecule has 0 bridgehead atoms. The molecule has 0 amide bonds. The lowest BCUT2D eigenvalue weighted by Crippen LogP contribution is -2.26. The molecule has 1 aliphatic heterocycles. The summed E-state index contributed by atoms with van der Waals surface area (Å²) in [6.45, 7) is 0.387. The number of fused-ring (bicyclic) bond motifs is 1. The van der Waals surface area contributed by atoms with E-state index in [4.69, 9.17) is 10.5 Å². The standard InChI is InChI=1S/C16H16BrNO2/c17-12-6-7-13(19)11-8-14(10-4-2-1-3-5-10)20-15(9-18)16(11)12/h1-7,14-15,19H,8-9,18H2/t14-,15+/m1/s1. The maximum absolute atomic E-state index is 10.1. The van der Waals surface area contributed by atoms with Gasteiger partial charge in [-0.3, -0.25) is 0 Å². The van der Waals surface area contributed by atoms with Gasteiger partial charge >= 0.3 is 0 Å². The summed E-state index contributed by atoms with van der Waals surface area (Å²) in [5, 5.41) is 10.1. The fourth-order valence-corrected chi connectivity index (χ4v) is 3.35. The summed E-state index contributed by atoms with van der Waals surface area (Å²) in [5.74, 6) is 0.311. The Morgan fingerprint density at radius 1 is 1.20 bits per heavy atom. The van der Waals surface area contributed by atoms with Gasteiger partial charge in [0.05, 0.1) is 12.2 Å². The van der Waals surface area contributed by atoms with Crippen LogP contribution in [0.3, 0.4) is 0 Å². The third kappa shape index (κ3) is 2.35. The first-order valence-corrected chi connectivity index (χ1v) is 7.40. The second-order valence-corrected chi connectivity index (χ2v) is 5.78. The van der Waals surface area contributed by atoms with E-state index < -0.39 is 0 Å². The van der Waals surface area contributed by atoms with Crippen LogP contribution in [0.4, 0.5) is 0 Å². The van der Waals surface area contributed by atoms with Crippen LogP contribution in [-0.2, 0) is 11.2 Å². The second kappa shape index (κ2) is 5.56. The van der Waals surface area contributed by atoms with E-state index in [0.29, 0.717) is 18.7 Å². The Kier molecular flexibility index (Phi) is 3.78. The van der Waals surface area contributed by atoms with Crippen molar-refractivity contribution in [2.75, 3.05) is 6.54 Å². The van der Waals surface area contributed by atoms with Gasteiger partial charge in [0, 0.05) is 28.6 Å². The van der Waals surface area contributed by atoms with E-state index in [1.807, 2.05) is 36.4 Å². The topological polar surface area (TPSA) is 55.5 Å². The number of rotatable bonds is 2. The van der Waals surface area contributed by atoms with Crippen molar-refractivity contribution < 1.29 is 9.84 Å². The molecule has 4 heteroatoms. The van der Waals surface area contributed by atoms with Crippen molar-refractivity contribution in [3.05, 3.63) is 63.6 Å². The zero-order valence-electron chi connectivity index (χ0n) is 10.9. The molecule has 0 fully saturated rings. The summed E-state index contributed by atoms with van der Waals surface area (Å²) in [6.07, 6.45) is 0.379. The normalized spacial score (nSPS) is 21.5. The highest BCUT2D eigenvalue weighted by molar-refractivity contribution is 9.10. The van der Waals surface area contributed by atoms with Gasteiger partial charge in [0.2, 0.25) is 0 Å². The van der Waals surface area contributed by atoms with Crippen molar-refractivity contribution in [1.29, 1.82) is 0 Å². The van der Waals surface area contributed by atoms with Gasteiger partial charge in [0.15, 0.2) is 0 Å². The average Bonchev–Trinajstić information content (AvgIpc) is 2.51. The molecule has 0 unspecified atom stereocenters. The molecule has 2 aromatic carbocycles. The van der Waals surface area contributed by atoms with Gasteiger partial charge in [0.25, 0.3) is 0 Å². The molecular weight excluding hydrogens is 318 g/mol. The third-order valence-corrected chi connectivity index (χ3v) is 4.40. The lowest BCUT2D eigenvalue weighted by molar-refractivity contribution is -0.0234. The predicted molar refractivity (Wildman–Crippen MR) is 81.6 cm³/mol. The number of ether oxygens (including phenoxy) is 1. The van der Waals surface area contributed by atoms with Gasteiger partial charge in [-0.25, -0.2) is 0 Å². The number of hydrogen-bond acceptors (Lipinski definition) is 3. The Morgan fingerprint density at radius 3 is 2.65 bits per heavy atom. The number of halogens is 1. The molecular formula is C16H16BrNO2. The number of benzene rings is 2. The second-order valence-electron chi connectivity index (χ2n) is 4.92. The van der Waals surface area contributed by atoms with E-state index in [9.17, 15) is 5.11 Å². The minimum atomic E-state index is -0.203. The molecule has 2 atom stereocenters. The van der Waals surface area contributed by atoms with Gasteiger partial charge in [-0.05, 0) is 17.7 Å². The monoisotopic (exact) mass is 333 g/mol. The van der Waals surface area contributed by atoms with Crippen molar-refractivity contribution in [1.82, 2.24) is 0 Å². The Morgan fingerprint density at radius 2 is 1.95 bits per heavy atom. The van der Waals surface area contributed by atoms with Gasteiger partial charge in [-0.2, -0.15) is 0 Å². The molecule has 3 N–H and O–H groups in total. The minimum Gasteiger partial charge on any atom is -0.508 e. The fourth-order valence-electron chi connectivity index (χ4n) is 2.72. The first-order chi connectivity index (χ1) is 9.70. The van der Waals surface area contributed by atoms with E-state index in [1.165, 1.54) is 0 Å². The van der Waals surface area contributed by atoms with Crippen LogP contribution in [0.1, 0.15) is 28.9 Å². The summed E-state index contributed by atoms with van der Waals surface area (Å²) < 4.78 is 7.06. The molecule has 0 aromatic heterocycles. The average molecular weight is 334 g/mol. The van der Waals surface area contributed by atoms with Crippen LogP contribution >= 0.6 is 15.9 Å². The Bertz CT molecular complexity index is 615. The summed E-state index contributed by atoms with van der Waals surface area (Å²) in [5.41, 5.74) is 8.86. The van der Waals surface area contributed by atoms with Crippen LogP contribution in [0.2, 0.25) is 0 Å². The maximum Gasteiger partial charge on any atom is 0.119 e. The van der Waals surface area contributed by atoms with E-state index in [0.717, 1.165) is 21.2 Å². The first-order valence-electron chi connectivity index (χ1n) is 6.61. The lowest BCUT2D eigenvalue weighted by Gasteiger charge is -2.33. The molecule has 3 nitrogen and oxygen atoms in total. The summed E-state index contributed by atoms with van der Waals surface area (Å²) in [4.78, 5) is 0. The molecule has 0 radical (unpaired) electrons. The van der Waals surface area contributed by atoms with Crippen LogP contribution in [0.5, 0.6) is 5.75 Å². The minimum absolute atomic E-state index is 0.0718. The van der Waals surface area contributed by atoms with Gasteiger partial charge in [0.1, 0.15) is 5.75 Å². The van der Waals surface area contributed by atoms with Crippen LogP contribution in [-0.4, -0.2) is 11.7 Å². The quantitative estimate of drug-likeness (QED) is 0.884. The Labute approximate surface area is 126 Å². The van der Waals surface area contributed by atoms with E-state index in [1.54, 1.807) is 6.07 Å². The predicted octanol–water partition coefficient (Wildman–Crippen LogP) is 3.47. The van der Waals surface area contributed by atoms with E-state index >= 15 is 0 Å². The SMILES string of the molecule is NC[C@@H]1O[C@@H](c2ccccc2)Cc2c(O)ccc(Br)c21. The van der Waals surface area contributed by atoms with Crippen LogP contribution in [0.15, 0.2) is 46.9 Å². The molecule has 1 heterocycles. The Balaban J connectivity index is 2.04. The van der Waals surface area contributed by atoms with Crippen molar-refractivity contribution in [3.63, 3.8) is 0 Å². The number of phenols is 1. The lowest BCUT2D eigenvalue weighted by atomic mass is 9.90. The highest BCUT2D eigenvalue weighted by atomic mass is 79.9. The first kappa shape index (κ1) is 13.6. The van der Waals surface area contributed by atoms with Crippen LogP contribution < -0.4 is 5.73 Å². The molecule has 1 aliphatic rings. The molecule has 2 aromatic rings. The Hall–Kier alpha value is -1.36. The molecule has 0 spiro atoms. The highest BCUT2D eigenvalue weighted by Crippen LogP contribution is 2.43. The molecule has 104 valence electrons. The molecule has 3 rings (SSSR count). The number of hydrogen-bond donors (Lipinski definition) is 2. The largest absolute Gasteiger partial charge is 0.508 e. The molecule has 0 aliphatic carbocycles. The number of nitrogens with two attached hydrogens (primary N) is 1. The van der Waals surface area contributed by atoms with Gasteiger partial charge in [-0.1, -0.05) is 46.3 Å². The number of aromatic hydroxyl groups is 1. The van der Waals surface area contributed by atoms with Crippen LogP contribution in [0, 0.1) is 0 Å². The van der Waals surface area contributed by atoms with Gasteiger partial charge < -0.3 is 15.6 Å². The van der Waals surface area contributed by atoms with E-state index in [2.05, 4.69) is 15.9 Å². The third-order valence-electron chi connectivity index (χ3n) is 3.70. The van der Waals surface area contributed by atoms with Crippen molar-refractivity contribution in [2.45, 2.75) is 18.6 Å². The molecule has 0 saturated carbocycles. The zero-order valence-corrected chi connectivity index (χ0v) is 12.5. The smallest absolute Gasteiger partial charge is 0.119 e. The highest BCUT2D eigenvalue weighted by Gasteiger charge is 2.31. The molecule has 20 heavy (non-hydrogen) atoms. The van der Waals surface area contributed by atoms with Crippen LogP contribution in [0.25, 0.3) is 0 Å². The summed E-state index contributed by atoms with van der Waals surface area (Å²) in [6, 6.07) is 13.6. The van der Waals surface area contributed by atoms with Crippen molar-refractivity contribution >= 4 is 15.9 Å². The van der Waals surface area contributed by atoms with E-state index in [-0.39, 0.29) is 12.2 Å².